The highest BCUT2D eigenvalue weighted by Crippen LogP contribution is 2.34. The van der Waals surface area contributed by atoms with Gasteiger partial charge in [0.05, 0.1) is 12.1 Å². The number of rotatable bonds is 4. The van der Waals surface area contributed by atoms with Crippen LogP contribution in [0.1, 0.15) is 25.3 Å². The molecule has 0 radical (unpaired) electrons. The molecule has 0 saturated carbocycles. The Bertz CT molecular complexity index is 569. The van der Waals surface area contributed by atoms with Crippen molar-refractivity contribution in [2.24, 2.45) is 5.92 Å². The maximum Gasteiger partial charge on any atom is 0.244 e. The molecule has 2 aliphatic rings. The summed E-state index contributed by atoms with van der Waals surface area (Å²) >= 11 is 0. The fraction of sp³-hybridized carbons (Fsp3) is 0.588. The number of carbonyl (C=O) groups is 1. The summed E-state index contributed by atoms with van der Waals surface area (Å²) in [5, 5.41) is 12.7. The highest BCUT2D eigenvalue weighted by atomic mass is 16.5. The first kappa shape index (κ1) is 15.3. The van der Waals surface area contributed by atoms with Gasteiger partial charge in [0, 0.05) is 31.5 Å². The second-order valence-corrected chi connectivity index (χ2v) is 6.65. The molecule has 5 heteroatoms. The Morgan fingerprint density at radius 2 is 2.36 bits per heavy atom. The first-order valence-electron chi connectivity index (χ1n) is 7.93. The Morgan fingerprint density at radius 3 is 2.95 bits per heavy atom. The first-order chi connectivity index (χ1) is 10.5. The molecule has 22 heavy (non-hydrogen) atoms. The van der Waals surface area contributed by atoms with Crippen LogP contribution >= 0.6 is 0 Å². The number of ether oxygens (including phenoxy) is 1. The first-order valence-corrected chi connectivity index (χ1v) is 7.93. The van der Waals surface area contributed by atoms with Crippen LogP contribution in [0.2, 0.25) is 0 Å². The average molecular weight is 304 g/mol. The van der Waals surface area contributed by atoms with Crippen LogP contribution in [0.4, 0.5) is 5.69 Å². The maximum atomic E-state index is 12.6. The molecule has 3 rings (SSSR count). The zero-order valence-corrected chi connectivity index (χ0v) is 13.3. The standard InChI is InChI=1S/C17H24N2O3/c1-12-3-4-14(9-15(12)20)18-16(21)17(2)6-7-19(17)10-13-5-8-22-11-13/h3-4,9,13,20H,5-8,10-11H2,1-2H3,(H,18,21). The van der Waals surface area contributed by atoms with Gasteiger partial charge in [-0.15, -0.1) is 0 Å². The van der Waals surface area contributed by atoms with Crippen LogP contribution in [0.15, 0.2) is 18.2 Å². The van der Waals surface area contributed by atoms with Crippen molar-refractivity contribution >= 4 is 11.6 Å². The van der Waals surface area contributed by atoms with E-state index in [0.717, 1.165) is 44.7 Å². The Hall–Kier alpha value is -1.59. The van der Waals surface area contributed by atoms with Gasteiger partial charge in [0.2, 0.25) is 5.91 Å². The fourth-order valence-electron chi connectivity index (χ4n) is 3.15. The van der Waals surface area contributed by atoms with Crippen LogP contribution in [0.5, 0.6) is 5.75 Å². The fourth-order valence-corrected chi connectivity index (χ4v) is 3.15. The van der Waals surface area contributed by atoms with Crippen molar-refractivity contribution in [3.8, 4) is 5.75 Å². The number of nitrogens with one attached hydrogen (secondary N) is 1. The van der Waals surface area contributed by atoms with Gasteiger partial charge in [0.15, 0.2) is 0 Å². The summed E-state index contributed by atoms with van der Waals surface area (Å²) in [4.78, 5) is 14.9. The van der Waals surface area contributed by atoms with Crippen molar-refractivity contribution in [2.45, 2.75) is 32.2 Å². The molecule has 0 aliphatic carbocycles. The third-order valence-electron chi connectivity index (χ3n) is 5.03. The van der Waals surface area contributed by atoms with Crippen molar-refractivity contribution < 1.29 is 14.6 Å². The van der Waals surface area contributed by atoms with Gasteiger partial charge in [-0.25, -0.2) is 0 Å². The van der Waals surface area contributed by atoms with Gasteiger partial charge in [0.1, 0.15) is 5.75 Å². The molecule has 0 spiro atoms. The SMILES string of the molecule is Cc1ccc(NC(=O)C2(C)CCN2CC2CCOC2)cc1O. The minimum Gasteiger partial charge on any atom is -0.508 e. The largest absolute Gasteiger partial charge is 0.508 e. The monoisotopic (exact) mass is 304 g/mol. The molecule has 1 aromatic carbocycles. The number of phenols is 1. The number of benzene rings is 1. The molecule has 2 saturated heterocycles. The minimum absolute atomic E-state index is 0.000850. The predicted octanol–water partition coefficient (Wildman–Crippen LogP) is 2.14. The molecule has 1 amide bonds. The van der Waals surface area contributed by atoms with Gasteiger partial charge in [-0.05, 0) is 44.2 Å². The summed E-state index contributed by atoms with van der Waals surface area (Å²) in [6, 6.07) is 5.23. The molecule has 0 bridgehead atoms. The second-order valence-electron chi connectivity index (χ2n) is 6.65. The van der Waals surface area contributed by atoms with Gasteiger partial charge < -0.3 is 15.2 Å². The molecule has 0 aromatic heterocycles. The van der Waals surface area contributed by atoms with Gasteiger partial charge in [0.25, 0.3) is 0 Å². The summed E-state index contributed by atoms with van der Waals surface area (Å²) in [6.07, 6.45) is 1.95. The van der Waals surface area contributed by atoms with E-state index >= 15 is 0 Å². The van der Waals surface area contributed by atoms with Gasteiger partial charge in [-0.3, -0.25) is 9.69 Å². The van der Waals surface area contributed by atoms with Gasteiger partial charge in [-0.2, -0.15) is 0 Å². The number of aromatic hydroxyl groups is 1. The molecule has 2 N–H and O–H groups in total. The van der Waals surface area contributed by atoms with E-state index in [-0.39, 0.29) is 11.7 Å². The predicted molar refractivity (Wildman–Crippen MR) is 85.0 cm³/mol. The van der Waals surface area contributed by atoms with Crippen LogP contribution in [0, 0.1) is 12.8 Å². The topological polar surface area (TPSA) is 61.8 Å². The molecular weight excluding hydrogens is 280 g/mol. The smallest absolute Gasteiger partial charge is 0.244 e. The normalized spacial score (nSPS) is 28.4. The van der Waals surface area contributed by atoms with Crippen LogP contribution in [0.3, 0.4) is 0 Å². The lowest BCUT2D eigenvalue weighted by Crippen LogP contribution is -2.65. The number of amides is 1. The van der Waals surface area contributed by atoms with E-state index in [1.807, 2.05) is 26.0 Å². The number of aryl methyl sites for hydroxylation is 1. The van der Waals surface area contributed by atoms with E-state index < -0.39 is 5.54 Å². The number of phenolic OH excluding ortho intramolecular Hbond substituents is 1. The third kappa shape index (κ3) is 2.83. The molecule has 2 heterocycles. The molecule has 5 nitrogen and oxygen atoms in total. The lowest BCUT2D eigenvalue weighted by Gasteiger charge is -2.50. The van der Waals surface area contributed by atoms with Crippen LogP contribution in [-0.4, -0.2) is 47.8 Å². The minimum atomic E-state index is -0.455. The van der Waals surface area contributed by atoms with E-state index in [4.69, 9.17) is 4.74 Å². The van der Waals surface area contributed by atoms with Crippen molar-refractivity contribution in [1.29, 1.82) is 0 Å². The van der Waals surface area contributed by atoms with Crippen molar-refractivity contribution in [1.82, 2.24) is 4.90 Å². The van der Waals surface area contributed by atoms with Crippen molar-refractivity contribution in [3.63, 3.8) is 0 Å². The number of hydrogen-bond acceptors (Lipinski definition) is 4. The van der Waals surface area contributed by atoms with E-state index in [1.54, 1.807) is 6.07 Å². The van der Waals surface area contributed by atoms with Crippen LogP contribution in [0.25, 0.3) is 0 Å². The molecule has 2 fully saturated rings. The second kappa shape index (κ2) is 5.89. The third-order valence-corrected chi connectivity index (χ3v) is 5.03. The Labute approximate surface area is 131 Å². The Kier molecular flexibility index (Phi) is 4.10. The van der Waals surface area contributed by atoms with Crippen LogP contribution < -0.4 is 5.32 Å². The zero-order chi connectivity index (χ0) is 15.7. The molecule has 2 unspecified atom stereocenters. The van der Waals surface area contributed by atoms with Crippen molar-refractivity contribution in [2.75, 3.05) is 31.6 Å². The van der Waals surface area contributed by atoms with E-state index in [0.29, 0.717) is 11.6 Å². The van der Waals surface area contributed by atoms with Crippen LogP contribution in [-0.2, 0) is 9.53 Å². The quantitative estimate of drug-likeness (QED) is 0.894. The summed E-state index contributed by atoms with van der Waals surface area (Å²) in [5.74, 6) is 0.744. The molecule has 2 aliphatic heterocycles. The summed E-state index contributed by atoms with van der Waals surface area (Å²) in [6.45, 7) is 7.35. The molecule has 120 valence electrons. The molecular formula is C17H24N2O3. The number of carbonyl (C=O) groups excluding carboxylic acids is 1. The van der Waals surface area contributed by atoms with E-state index in [2.05, 4.69) is 10.2 Å². The summed E-state index contributed by atoms with van der Waals surface area (Å²) in [7, 11) is 0. The number of hydrogen-bond donors (Lipinski definition) is 2. The lowest BCUT2D eigenvalue weighted by atomic mass is 9.84. The van der Waals surface area contributed by atoms with Gasteiger partial charge in [-0.1, -0.05) is 6.07 Å². The molecule has 2 atom stereocenters. The number of nitrogens with zero attached hydrogens (tertiary/aromatic N) is 1. The van der Waals surface area contributed by atoms with E-state index in [1.165, 1.54) is 0 Å². The average Bonchev–Trinajstić information content (AvgIpc) is 3.00. The Balaban J connectivity index is 1.63. The maximum absolute atomic E-state index is 12.6. The number of anilines is 1. The highest BCUT2D eigenvalue weighted by Gasteiger charge is 2.47. The summed E-state index contributed by atoms with van der Waals surface area (Å²) in [5.41, 5.74) is 0.990. The number of likely N-dealkylation sites (tertiary alicyclic amines) is 1. The zero-order valence-electron chi connectivity index (χ0n) is 13.3. The van der Waals surface area contributed by atoms with E-state index in [9.17, 15) is 9.90 Å². The lowest BCUT2D eigenvalue weighted by molar-refractivity contribution is -0.136. The summed E-state index contributed by atoms with van der Waals surface area (Å²) < 4.78 is 5.42. The van der Waals surface area contributed by atoms with Gasteiger partial charge >= 0.3 is 0 Å². The Morgan fingerprint density at radius 1 is 1.55 bits per heavy atom. The highest BCUT2D eigenvalue weighted by molar-refractivity contribution is 5.98. The molecule has 1 aromatic rings. The van der Waals surface area contributed by atoms with Crippen molar-refractivity contribution in [3.05, 3.63) is 23.8 Å².